The highest BCUT2D eigenvalue weighted by atomic mass is 35.5. The van der Waals surface area contributed by atoms with Crippen molar-refractivity contribution in [2.24, 2.45) is 0 Å². The number of rotatable bonds is 6. The molecule has 7 nitrogen and oxygen atoms in total. The standard InChI is InChI=1S/C24H22ClN5O2S/c1-3-32-19-10-8-18(9-11-19)30-28-21-12-15(2)20(14-22(21)29-30)26-24(33)27-23(31)13-16-4-6-17(25)7-5-16/h4-12,14H,3,13H2,1-2H3,(H2,26,27,31,33). The zero-order valence-electron chi connectivity index (χ0n) is 18.1. The Balaban J connectivity index is 1.45. The number of aryl methyl sites for hydroxylation is 1. The summed E-state index contributed by atoms with van der Waals surface area (Å²) in [6.07, 6.45) is 0.202. The first-order valence-electron chi connectivity index (χ1n) is 10.4. The van der Waals surface area contributed by atoms with Crippen molar-refractivity contribution in [1.29, 1.82) is 0 Å². The van der Waals surface area contributed by atoms with Crippen molar-refractivity contribution in [1.82, 2.24) is 20.3 Å². The predicted molar refractivity (Wildman–Crippen MR) is 134 cm³/mol. The molecular formula is C24H22ClN5O2S. The lowest BCUT2D eigenvalue weighted by Gasteiger charge is -2.11. The maximum absolute atomic E-state index is 12.3. The van der Waals surface area contributed by atoms with Crippen molar-refractivity contribution >= 4 is 51.6 Å². The molecule has 0 atom stereocenters. The number of carbonyl (C=O) groups excluding carboxylic acids is 1. The van der Waals surface area contributed by atoms with Gasteiger partial charge in [-0.3, -0.25) is 4.79 Å². The molecule has 0 unspecified atom stereocenters. The summed E-state index contributed by atoms with van der Waals surface area (Å²) in [6, 6.07) is 18.5. The van der Waals surface area contributed by atoms with Gasteiger partial charge in [0.05, 0.1) is 18.7 Å². The van der Waals surface area contributed by atoms with Gasteiger partial charge in [-0.1, -0.05) is 23.7 Å². The molecule has 0 aliphatic heterocycles. The summed E-state index contributed by atoms with van der Waals surface area (Å²) in [7, 11) is 0. The predicted octanol–water partition coefficient (Wildman–Crippen LogP) is 4.84. The molecule has 33 heavy (non-hydrogen) atoms. The fourth-order valence-electron chi connectivity index (χ4n) is 3.27. The van der Waals surface area contributed by atoms with Crippen LogP contribution in [0.4, 0.5) is 5.69 Å². The quantitative estimate of drug-likeness (QED) is 0.385. The summed E-state index contributed by atoms with van der Waals surface area (Å²) in [5.74, 6) is 0.585. The van der Waals surface area contributed by atoms with Crippen LogP contribution in [0.2, 0.25) is 5.02 Å². The molecule has 0 saturated carbocycles. The van der Waals surface area contributed by atoms with Gasteiger partial charge in [-0.25, -0.2) is 0 Å². The van der Waals surface area contributed by atoms with Gasteiger partial charge < -0.3 is 15.4 Å². The van der Waals surface area contributed by atoms with E-state index in [9.17, 15) is 4.79 Å². The molecule has 168 valence electrons. The molecule has 2 N–H and O–H groups in total. The molecule has 0 saturated heterocycles. The topological polar surface area (TPSA) is 81.1 Å². The highest BCUT2D eigenvalue weighted by Crippen LogP contribution is 2.23. The Kier molecular flexibility index (Phi) is 6.86. The summed E-state index contributed by atoms with van der Waals surface area (Å²) in [6.45, 7) is 4.50. The van der Waals surface area contributed by atoms with Gasteiger partial charge in [0.2, 0.25) is 5.91 Å². The third-order valence-corrected chi connectivity index (χ3v) is 5.34. The van der Waals surface area contributed by atoms with Crippen LogP contribution in [0.25, 0.3) is 16.7 Å². The Morgan fingerprint density at radius 3 is 2.39 bits per heavy atom. The lowest BCUT2D eigenvalue weighted by Crippen LogP contribution is -2.35. The zero-order valence-corrected chi connectivity index (χ0v) is 19.7. The second-order valence-electron chi connectivity index (χ2n) is 7.38. The molecule has 0 aliphatic carbocycles. The van der Waals surface area contributed by atoms with Gasteiger partial charge in [-0.15, -0.1) is 10.2 Å². The van der Waals surface area contributed by atoms with Gasteiger partial charge in [0.1, 0.15) is 16.8 Å². The number of nitrogens with zero attached hydrogens (tertiary/aromatic N) is 3. The van der Waals surface area contributed by atoms with E-state index in [1.807, 2.05) is 62.4 Å². The molecular weight excluding hydrogens is 458 g/mol. The SMILES string of the molecule is CCOc1ccc(-n2nc3cc(C)c(NC(=S)NC(=O)Cc4ccc(Cl)cc4)cc3n2)cc1. The van der Waals surface area contributed by atoms with Crippen molar-refractivity contribution in [3.05, 3.63) is 76.8 Å². The van der Waals surface area contributed by atoms with Crippen molar-refractivity contribution in [3.63, 3.8) is 0 Å². The molecule has 0 fully saturated rings. The number of hydrogen-bond acceptors (Lipinski definition) is 5. The molecule has 0 radical (unpaired) electrons. The number of hydrogen-bond donors (Lipinski definition) is 2. The van der Waals surface area contributed by atoms with E-state index in [0.717, 1.165) is 33.8 Å². The molecule has 1 aromatic heterocycles. The largest absolute Gasteiger partial charge is 0.494 e. The first-order valence-corrected chi connectivity index (χ1v) is 11.2. The van der Waals surface area contributed by atoms with E-state index in [1.165, 1.54) is 0 Å². The Morgan fingerprint density at radius 2 is 1.73 bits per heavy atom. The number of anilines is 1. The number of halogens is 1. The molecule has 3 aromatic carbocycles. The zero-order chi connectivity index (χ0) is 23.4. The van der Waals surface area contributed by atoms with Gasteiger partial charge in [0.15, 0.2) is 5.11 Å². The van der Waals surface area contributed by atoms with Crippen LogP contribution in [0, 0.1) is 6.92 Å². The van der Waals surface area contributed by atoms with Crippen molar-refractivity contribution in [2.75, 3.05) is 11.9 Å². The normalized spacial score (nSPS) is 10.8. The highest BCUT2D eigenvalue weighted by molar-refractivity contribution is 7.80. The highest BCUT2D eigenvalue weighted by Gasteiger charge is 2.11. The summed E-state index contributed by atoms with van der Waals surface area (Å²) < 4.78 is 5.48. The molecule has 0 aliphatic rings. The number of aromatic nitrogens is 3. The fourth-order valence-corrected chi connectivity index (χ4v) is 3.62. The Labute approximate surface area is 201 Å². The van der Waals surface area contributed by atoms with Crippen LogP contribution in [-0.2, 0) is 11.2 Å². The Bertz CT molecular complexity index is 1300. The number of thiocarbonyl (C=S) groups is 1. The van der Waals surface area contributed by atoms with Gasteiger partial charge >= 0.3 is 0 Å². The number of carbonyl (C=O) groups is 1. The molecule has 4 aromatic rings. The van der Waals surface area contributed by atoms with Gasteiger partial charge in [-0.2, -0.15) is 4.80 Å². The van der Waals surface area contributed by atoms with Gasteiger partial charge in [0.25, 0.3) is 0 Å². The fraction of sp³-hybridized carbons (Fsp3) is 0.167. The first kappa shape index (κ1) is 22.7. The second-order valence-corrected chi connectivity index (χ2v) is 8.22. The van der Waals surface area contributed by atoms with E-state index in [1.54, 1.807) is 16.9 Å². The van der Waals surface area contributed by atoms with E-state index in [0.29, 0.717) is 17.1 Å². The Morgan fingerprint density at radius 1 is 1.06 bits per heavy atom. The number of nitrogens with one attached hydrogen (secondary N) is 2. The van der Waals surface area contributed by atoms with Crippen LogP contribution < -0.4 is 15.4 Å². The van der Waals surface area contributed by atoms with Crippen LogP contribution in [0.1, 0.15) is 18.1 Å². The van der Waals surface area contributed by atoms with Crippen LogP contribution in [-0.4, -0.2) is 32.6 Å². The summed E-state index contributed by atoms with van der Waals surface area (Å²) in [5.41, 5.74) is 4.81. The molecule has 1 amide bonds. The van der Waals surface area contributed by atoms with Crippen LogP contribution in [0.15, 0.2) is 60.7 Å². The minimum Gasteiger partial charge on any atom is -0.494 e. The summed E-state index contributed by atoms with van der Waals surface area (Å²) >= 11 is 11.2. The summed E-state index contributed by atoms with van der Waals surface area (Å²) in [4.78, 5) is 13.9. The first-order chi connectivity index (χ1) is 15.9. The summed E-state index contributed by atoms with van der Waals surface area (Å²) in [5, 5.41) is 15.8. The second kappa shape index (κ2) is 9.97. The lowest BCUT2D eigenvalue weighted by atomic mass is 10.1. The number of ether oxygens (including phenoxy) is 1. The number of fused-ring (bicyclic) bond motifs is 1. The minimum atomic E-state index is -0.213. The van der Waals surface area contributed by atoms with E-state index < -0.39 is 0 Å². The maximum atomic E-state index is 12.3. The van der Waals surface area contributed by atoms with Crippen LogP contribution in [0.5, 0.6) is 5.75 Å². The molecule has 4 rings (SSSR count). The maximum Gasteiger partial charge on any atom is 0.230 e. The van der Waals surface area contributed by atoms with E-state index in [2.05, 4.69) is 20.8 Å². The van der Waals surface area contributed by atoms with E-state index in [4.69, 9.17) is 28.6 Å². The monoisotopic (exact) mass is 479 g/mol. The lowest BCUT2D eigenvalue weighted by molar-refractivity contribution is -0.119. The van der Waals surface area contributed by atoms with Crippen LogP contribution in [0.3, 0.4) is 0 Å². The molecule has 0 spiro atoms. The third-order valence-electron chi connectivity index (χ3n) is 4.88. The average molecular weight is 480 g/mol. The van der Waals surface area contributed by atoms with Crippen LogP contribution >= 0.6 is 23.8 Å². The van der Waals surface area contributed by atoms with Gasteiger partial charge in [-0.05, 0) is 85.7 Å². The molecule has 9 heteroatoms. The smallest absolute Gasteiger partial charge is 0.230 e. The third kappa shape index (κ3) is 5.66. The molecule has 1 heterocycles. The Hall–Kier alpha value is -3.49. The minimum absolute atomic E-state index is 0.202. The number of benzene rings is 3. The number of amides is 1. The van der Waals surface area contributed by atoms with Crippen molar-refractivity contribution in [2.45, 2.75) is 20.3 Å². The average Bonchev–Trinajstić information content (AvgIpc) is 3.19. The molecule has 0 bridgehead atoms. The van der Waals surface area contributed by atoms with E-state index >= 15 is 0 Å². The van der Waals surface area contributed by atoms with Crippen molar-refractivity contribution < 1.29 is 9.53 Å². The van der Waals surface area contributed by atoms with Crippen molar-refractivity contribution in [3.8, 4) is 11.4 Å². The van der Waals surface area contributed by atoms with E-state index in [-0.39, 0.29) is 17.4 Å². The van der Waals surface area contributed by atoms with Gasteiger partial charge in [0, 0.05) is 10.7 Å².